The molecule has 3 nitrogen and oxygen atoms in total. The molecule has 0 aromatic carbocycles. The summed E-state index contributed by atoms with van der Waals surface area (Å²) in [6, 6.07) is 0.631. The number of nitrogens with one attached hydrogen (secondary N) is 1. The van der Waals surface area contributed by atoms with E-state index in [0.29, 0.717) is 11.3 Å². The average Bonchev–Trinajstić information content (AvgIpc) is 2.74. The Hall–Kier alpha value is -0.130. The Balaban J connectivity index is 2.00. The van der Waals surface area contributed by atoms with Gasteiger partial charge in [0.1, 0.15) is 5.82 Å². The number of rotatable bonds is 4. The third-order valence-corrected chi connectivity index (χ3v) is 5.84. The second-order valence-electron chi connectivity index (χ2n) is 4.75. The summed E-state index contributed by atoms with van der Waals surface area (Å²) in [6.45, 7) is 4.27. The summed E-state index contributed by atoms with van der Waals surface area (Å²) in [6.07, 6.45) is 5.28. The molecule has 0 aliphatic heterocycles. The van der Waals surface area contributed by atoms with Crippen molar-refractivity contribution < 1.29 is 0 Å². The fourth-order valence-corrected chi connectivity index (χ4v) is 4.83. The molecule has 0 bridgehead atoms. The molecule has 0 spiro atoms. The van der Waals surface area contributed by atoms with Crippen LogP contribution in [0.1, 0.15) is 38.4 Å². The van der Waals surface area contributed by atoms with Gasteiger partial charge in [-0.1, -0.05) is 25.1 Å². The molecule has 0 saturated heterocycles. The first kappa shape index (κ1) is 13.3. The molecule has 1 aliphatic rings. The highest BCUT2D eigenvalue weighted by molar-refractivity contribution is 8.01. The quantitative estimate of drug-likeness (QED) is 0.913. The van der Waals surface area contributed by atoms with Crippen molar-refractivity contribution in [3.63, 3.8) is 0 Å². The van der Waals surface area contributed by atoms with Gasteiger partial charge in [0.05, 0.1) is 0 Å². The van der Waals surface area contributed by atoms with Crippen molar-refractivity contribution in [2.45, 2.75) is 55.2 Å². The van der Waals surface area contributed by atoms with Gasteiger partial charge in [-0.05, 0) is 50.7 Å². The Morgan fingerprint density at radius 3 is 2.88 bits per heavy atom. The average molecular weight is 271 g/mol. The third-order valence-electron chi connectivity index (χ3n) is 3.61. The maximum Gasteiger partial charge on any atom is 0.170 e. The topological polar surface area (TPSA) is 37.8 Å². The zero-order chi connectivity index (χ0) is 12.3. The van der Waals surface area contributed by atoms with E-state index in [2.05, 4.69) is 28.6 Å². The summed E-state index contributed by atoms with van der Waals surface area (Å²) in [4.78, 5) is 4.47. The predicted octanol–water partition coefficient (Wildman–Crippen LogP) is 3.11. The van der Waals surface area contributed by atoms with Crippen LogP contribution in [0.15, 0.2) is 4.34 Å². The molecule has 17 heavy (non-hydrogen) atoms. The molecular formula is C12H21N3S2. The Bertz CT molecular complexity index is 353. The molecule has 5 heteroatoms. The molecule has 96 valence electrons. The van der Waals surface area contributed by atoms with Crippen LogP contribution in [0.2, 0.25) is 0 Å². The zero-order valence-electron chi connectivity index (χ0n) is 10.8. The van der Waals surface area contributed by atoms with E-state index < -0.39 is 0 Å². The highest BCUT2D eigenvalue weighted by Gasteiger charge is 2.30. The maximum atomic E-state index is 4.47. The van der Waals surface area contributed by atoms with Crippen LogP contribution in [-0.4, -0.2) is 27.7 Å². The van der Waals surface area contributed by atoms with E-state index in [9.17, 15) is 0 Å². The summed E-state index contributed by atoms with van der Waals surface area (Å²) in [5, 5.41) is 4.12. The van der Waals surface area contributed by atoms with E-state index in [0.717, 1.165) is 16.1 Å². The molecule has 1 heterocycles. The van der Waals surface area contributed by atoms with Crippen LogP contribution in [0.4, 0.5) is 0 Å². The summed E-state index contributed by atoms with van der Waals surface area (Å²) in [5.74, 6) is 1.80. The summed E-state index contributed by atoms with van der Waals surface area (Å²) in [7, 11) is 2.08. The lowest BCUT2D eigenvalue weighted by Crippen LogP contribution is -2.40. The minimum Gasteiger partial charge on any atom is -0.316 e. The van der Waals surface area contributed by atoms with Crippen molar-refractivity contribution in [3.05, 3.63) is 5.82 Å². The Labute approximate surface area is 112 Å². The van der Waals surface area contributed by atoms with Gasteiger partial charge in [-0.3, -0.25) is 0 Å². The van der Waals surface area contributed by atoms with Gasteiger partial charge >= 0.3 is 0 Å². The molecule has 0 amide bonds. The molecule has 3 atom stereocenters. The molecule has 1 aromatic rings. The molecule has 1 N–H and O–H groups in total. The Morgan fingerprint density at radius 1 is 1.47 bits per heavy atom. The first-order valence-electron chi connectivity index (χ1n) is 6.37. The number of thioether (sulfide) groups is 1. The summed E-state index contributed by atoms with van der Waals surface area (Å²) < 4.78 is 5.39. The molecule has 1 saturated carbocycles. The Morgan fingerprint density at radius 2 is 2.29 bits per heavy atom. The van der Waals surface area contributed by atoms with Crippen LogP contribution in [0, 0.1) is 12.8 Å². The van der Waals surface area contributed by atoms with Gasteiger partial charge in [-0.25, -0.2) is 4.98 Å². The first-order valence-corrected chi connectivity index (χ1v) is 8.02. The van der Waals surface area contributed by atoms with E-state index in [1.54, 1.807) is 0 Å². The minimum absolute atomic E-state index is 0.631. The first-order chi connectivity index (χ1) is 8.22. The number of aryl methyl sites for hydroxylation is 1. The highest BCUT2D eigenvalue weighted by Crippen LogP contribution is 2.37. The molecule has 0 radical (unpaired) electrons. The van der Waals surface area contributed by atoms with Crippen molar-refractivity contribution in [1.29, 1.82) is 0 Å². The number of hydrogen-bond donors (Lipinski definition) is 1. The third kappa shape index (κ3) is 3.42. The van der Waals surface area contributed by atoms with E-state index in [4.69, 9.17) is 0 Å². The van der Waals surface area contributed by atoms with Gasteiger partial charge in [0.15, 0.2) is 4.34 Å². The largest absolute Gasteiger partial charge is 0.316 e. The highest BCUT2D eigenvalue weighted by atomic mass is 32.2. The van der Waals surface area contributed by atoms with Crippen molar-refractivity contribution >= 4 is 23.3 Å². The maximum absolute atomic E-state index is 4.47. The fraction of sp³-hybridized carbons (Fsp3) is 0.833. The van der Waals surface area contributed by atoms with Crippen molar-refractivity contribution in [2.24, 2.45) is 5.92 Å². The lowest BCUT2D eigenvalue weighted by atomic mass is 9.84. The van der Waals surface area contributed by atoms with E-state index >= 15 is 0 Å². The molecule has 1 aliphatic carbocycles. The SMILES string of the molecule is CCC1CCC(NC)C(Sc2nc(C)ns2)C1. The molecule has 1 aromatic heterocycles. The monoisotopic (exact) mass is 271 g/mol. The fourth-order valence-electron chi connectivity index (χ4n) is 2.50. The van der Waals surface area contributed by atoms with Crippen molar-refractivity contribution in [3.8, 4) is 0 Å². The van der Waals surface area contributed by atoms with E-state index in [1.165, 1.54) is 37.2 Å². The van der Waals surface area contributed by atoms with Crippen LogP contribution in [-0.2, 0) is 0 Å². The lowest BCUT2D eigenvalue weighted by molar-refractivity contribution is 0.304. The van der Waals surface area contributed by atoms with Crippen LogP contribution >= 0.6 is 23.3 Å². The second-order valence-corrected chi connectivity index (χ2v) is 6.98. The molecular weight excluding hydrogens is 250 g/mol. The number of nitrogens with zero attached hydrogens (tertiary/aromatic N) is 2. The van der Waals surface area contributed by atoms with Gasteiger partial charge in [-0.2, -0.15) is 4.37 Å². The standard InChI is InChI=1S/C12H21N3S2/c1-4-9-5-6-10(13-3)11(7-9)16-12-14-8(2)15-17-12/h9-11,13H,4-7H2,1-3H3. The number of hydrogen-bond acceptors (Lipinski definition) is 5. The smallest absolute Gasteiger partial charge is 0.170 e. The van der Waals surface area contributed by atoms with Crippen molar-refractivity contribution in [2.75, 3.05) is 7.05 Å². The molecule has 1 fully saturated rings. The second kappa shape index (κ2) is 6.16. The summed E-state index contributed by atoms with van der Waals surface area (Å²) in [5.41, 5.74) is 0. The zero-order valence-corrected chi connectivity index (χ0v) is 12.4. The number of aromatic nitrogens is 2. The molecule has 3 unspecified atom stereocenters. The van der Waals surface area contributed by atoms with Gasteiger partial charge in [0.2, 0.25) is 0 Å². The summed E-state index contributed by atoms with van der Waals surface area (Å²) >= 11 is 3.46. The lowest BCUT2D eigenvalue weighted by Gasteiger charge is -2.34. The predicted molar refractivity (Wildman–Crippen MR) is 74.8 cm³/mol. The van der Waals surface area contributed by atoms with Gasteiger partial charge < -0.3 is 5.32 Å². The normalized spacial score (nSPS) is 29.5. The van der Waals surface area contributed by atoms with Gasteiger partial charge in [0, 0.05) is 11.3 Å². The van der Waals surface area contributed by atoms with E-state index in [1.807, 2.05) is 18.7 Å². The van der Waals surface area contributed by atoms with Crippen molar-refractivity contribution in [1.82, 2.24) is 14.7 Å². The van der Waals surface area contributed by atoms with Gasteiger partial charge in [0.25, 0.3) is 0 Å². The minimum atomic E-state index is 0.631. The molecule has 2 rings (SSSR count). The Kier molecular flexibility index (Phi) is 4.82. The van der Waals surface area contributed by atoms with Crippen LogP contribution in [0.3, 0.4) is 0 Å². The van der Waals surface area contributed by atoms with Crippen LogP contribution in [0.5, 0.6) is 0 Å². The van der Waals surface area contributed by atoms with Crippen LogP contribution < -0.4 is 5.32 Å². The van der Waals surface area contributed by atoms with Gasteiger partial charge in [-0.15, -0.1) is 0 Å². The van der Waals surface area contributed by atoms with E-state index in [-0.39, 0.29) is 0 Å². The van der Waals surface area contributed by atoms with Crippen LogP contribution in [0.25, 0.3) is 0 Å².